The van der Waals surface area contributed by atoms with Crippen LogP contribution in [0.4, 0.5) is 0 Å². The Morgan fingerprint density at radius 1 is 0.504 bits per heavy atom. The number of unbranched alkanes of at least 4 members (excludes halogenated alkanes) is 7. The summed E-state index contributed by atoms with van der Waals surface area (Å²) in [6.45, 7) is 11.2. The Bertz CT molecular complexity index is 3440. The van der Waals surface area contributed by atoms with Crippen LogP contribution in [0, 0.1) is 50.2 Å². The third kappa shape index (κ3) is 19.7. The molecule has 7 aliphatic heterocycles. The molecule has 0 aromatic rings. The lowest BCUT2D eigenvalue weighted by Gasteiger charge is -2.72. The van der Waals surface area contributed by atoms with Gasteiger partial charge in [-0.25, -0.2) is 4.79 Å². The Labute approximate surface area is 715 Å². The second kappa shape index (κ2) is 40.4. The molecule has 12 aliphatic rings. The van der Waals surface area contributed by atoms with Crippen molar-refractivity contribution in [2.45, 2.75) is 398 Å². The summed E-state index contributed by atoms with van der Waals surface area (Å²) in [7, 11) is 0. The summed E-state index contributed by atoms with van der Waals surface area (Å²) >= 11 is 0. The number of hydrogen-bond donors (Lipinski definition) is 22. The van der Waals surface area contributed by atoms with Gasteiger partial charge in [-0.1, -0.05) is 105 Å². The molecular formula is C84H140O39. The maximum atomic E-state index is 16.3. The fourth-order valence-electron chi connectivity index (χ4n) is 22.6. The van der Waals surface area contributed by atoms with Crippen molar-refractivity contribution in [2.24, 2.45) is 50.2 Å². The van der Waals surface area contributed by atoms with Crippen LogP contribution in [0.25, 0.3) is 0 Å². The van der Waals surface area contributed by atoms with Crippen molar-refractivity contribution in [3.63, 3.8) is 0 Å². The van der Waals surface area contributed by atoms with Gasteiger partial charge in [-0.05, 0) is 130 Å². The lowest BCUT2D eigenvalue weighted by Crippen LogP contribution is -2.70. The van der Waals surface area contributed by atoms with E-state index in [1.165, 1.54) is 13.8 Å². The molecule has 11 fully saturated rings. The van der Waals surface area contributed by atoms with Crippen molar-refractivity contribution in [1.29, 1.82) is 0 Å². The zero-order valence-corrected chi connectivity index (χ0v) is 71.5. The predicted molar refractivity (Wildman–Crippen MR) is 416 cm³/mol. The molecule has 0 radical (unpaired) electrons. The van der Waals surface area contributed by atoms with Gasteiger partial charge in [0.2, 0.25) is 6.29 Å². The van der Waals surface area contributed by atoms with Crippen molar-refractivity contribution in [2.75, 3.05) is 52.9 Å². The van der Waals surface area contributed by atoms with E-state index in [0.29, 0.717) is 70.6 Å². The Morgan fingerprint density at radius 3 is 1.73 bits per heavy atom. The van der Waals surface area contributed by atoms with E-state index in [2.05, 4.69) is 40.7 Å². The molecule has 7 heterocycles. The smallest absolute Gasteiger partial charge is 0.335 e. The molecule has 0 unspecified atom stereocenters. The van der Waals surface area contributed by atoms with Gasteiger partial charge >= 0.3 is 11.9 Å². The largest absolute Gasteiger partial charge is 0.455 e. The third-order valence-electron chi connectivity index (χ3n) is 30.3. The van der Waals surface area contributed by atoms with Crippen LogP contribution >= 0.6 is 0 Å². The van der Waals surface area contributed by atoms with Crippen LogP contribution in [-0.2, 0) is 80.6 Å². The maximum Gasteiger partial charge on any atom is 0.335 e. The van der Waals surface area contributed by atoms with E-state index >= 15 is 4.79 Å². The molecule has 0 aromatic carbocycles. The van der Waals surface area contributed by atoms with Gasteiger partial charge in [0.25, 0.3) is 0 Å². The first-order chi connectivity index (χ1) is 58.0. The van der Waals surface area contributed by atoms with Crippen LogP contribution in [0.3, 0.4) is 0 Å². The third-order valence-corrected chi connectivity index (χ3v) is 30.3. The molecule has 39 nitrogen and oxygen atoms in total. The number of hydrogen-bond acceptors (Lipinski definition) is 39. The van der Waals surface area contributed by atoms with Crippen molar-refractivity contribution in [1.82, 2.24) is 0 Å². The number of carbonyl (C=O) groups is 2. The first-order valence-electron chi connectivity index (χ1n) is 44.2. The van der Waals surface area contributed by atoms with Crippen molar-refractivity contribution < 1.29 is 193 Å². The first-order valence-corrected chi connectivity index (χ1v) is 44.2. The van der Waals surface area contributed by atoms with Crippen LogP contribution in [-0.4, -0.2) is 392 Å². The molecule has 39 heteroatoms. The normalized spacial score (nSPS) is 49.2. The average Bonchev–Trinajstić information content (AvgIpc) is 1.60. The van der Waals surface area contributed by atoms with E-state index in [-0.39, 0.29) is 38.2 Å². The molecule has 710 valence electrons. The van der Waals surface area contributed by atoms with Gasteiger partial charge < -0.3 is 183 Å². The minimum Gasteiger partial charge on any atom is -0.455 e. The summed E-state index contributed by atoms with van der Waals surface area (Å²) in [6.07, 6.45) is -45.0. The Kier molecular flexibility index (Phi) is 32.6. The molecule has 0 bridgehead atoms. The molecule has 4 saturated carbocycles. The lowest BCUT2D eigenvalue weighted by molar-refractivity contribution is -0.376. The maximum absolute atomic E-state index is 16.3. The fraction of sp³-hybridized carbons (Fsp3) is 0.952. The number of fused-ring (bicyclic) bond motifs is 7. The first kappa shape index (κ1) is 99.3. The summed E-state index contributed by atoms with van der Waals surface area (Å²) in [6, 6.07) is 0. The molecule has 0 amide bonds. The van der Waals surface area contributed by atoms with Gasteiger partial charge in [-0.2, -0.15) is 0 Å². The van der Waals surface area contributed by atoms with E-state index in [0.717, 1.165) is 37.7 Å². The zero-order chi connectivity index (χ0) is 89.7. The molecule has 0 aromatic heterocycles. The number of aliphatic hydroxyl groups is 22. The number of rotatable bonds is 33. The molecule has 22 N–H and O–H groups in total. The van der Waals surface area contributed by atoms with Crippen molar-refractivity contribution >= 4 is 11.9 Å². The molecule has 0 spiro atoms. The quantitative estimate of drug-likeness (QED) is 0.0129. The van der Waals surface area contributed by atoms with Crippen LogP contribution < -0.4 is 0 Å². The number of carbonyl (C=O) groups excluding carboxylic acids is 2. The van der Waals surface area contributed by atoms with Gasteiger partial charge in [0.05, 0.1) is 82.9 Å². The summed E-state index contributed by atoms with van der Waals surface area (Å²) in [4.78, 5) is 31.2. The van der Waals surface area contributed by atoms with E-state index in [1.54, 1.807) is 6.92 Å². The number of allylic oxidation sites excluding steroid dienone is 2. The number of ether oxygens (including phenoxy) is 15. The van der Waals surface area contributed by atoms with Crippen molar-refractivity contribution in [3.05, 3.63) is 11.6 Å². The monoisotopic (exact) mass is 1770 g/mol. The van der Waals surface area contributed by atoms with Crippen LogP contribution in [0.5, 0.6) is 0 Å². The number of aliphatic hydroxyl groups excluding tert-OH is 21. The summed E-state index contributed by atoms with van der Waals surface area (Å²) in [5.74, 6) is -3.56. The second-order valence-electron chi connectivity index (χ2n) is 39.0. The summed E-state index contributed by atoms with van der Waals surface area (Å²) in [5.41, 5.74) is -7.13. The Hall–Kier alpha value is -2.72. The highest BCUT2D eigenvalue weighted by Gasteiger charge is 2.74. The van der Waals surface area contributed by atoms with Gasteiger partial charge in [0.1, 0.15) is 121 Å². The van der Waals surface area contributed by atoms with Crippen molar-refractivity contribution in [3.8, 4) is 0 Å². The van der Waals surface area contributed by atoms with Crippen LogP contribution in [0.2, 0.25) is 0 Å². The van der Waals surface area contributed by atoms with Gasteiger partial charge in [-0.15, -0.1) is 0 Å². The average molecular weight is 1770 g/mol. The standard InChI is InChI=1S/C84H140O39/c1-38-64(120-72-60(101)55(96)48(34-112-72)118-76-67(105)83(108,36-87)37-113-76)57(98)62(103)73(114-38)121-66-63(104)65(119-69(106)46(116-71-59(100)53(94)45(91)32-110-71)20-16-12-11-15-19-40(88)18-14-10-9-13-17-27-85)39(2)115-75(66)123-77(107)84-26-25-78(3,4)28-42(84)41-21-22-50-79(5)29-43(89)68(80(6,35-86)49(79)23-24-81(50,7)82(41,8)30-51(84)92)122-74-61(102)56(97)54(95)47(117-74)33-111-70-58(99)52(93)44(90)31-109-70/h21,38-40,42-68,70-76,85-105,108H,9-20,22-37H2,1-8H3/t38-,39+,40+,42-,43-,44-,45+,46-,47+,48+,49+,50+,51+,52-,53-,54+,55-,56-,57-,58+,59+,60+,61+,62+,63-,64-,65-,66+,67-,68-,70-,71-,72-,73-,74-,75-,76-,79-,80-,81+,82+,83+,84+/m0/s1. The Balaban J connectivity index is 0.787. The lowest BCUT2D eigenvalue weighted by atomic mass is 9.33. The molecule has 123 heavy (non-hydrogen) atoms. The van der Waals surface area contributed by atoms with Gasteiger partial charge in [-0.3, -0.25) is 4.79 Å². The topological polar surface area (TPSA) is 618 Å². The summed E-state index contributed by atoms with van der Waals surface area (Å²) < 4.78 is 90.0. The van der Waals surface area contributed by atoms with E-state index in [1.807, 2.05) is 0 Å². The molecule has 7 saturated heterocycles. The molecular weight excluding hydrogens is 1630 g/mol. The fourth-order valence-corrected chi connectivity index (χ4v) is 22.6. The second-order valence-corrected chi connectivity index (χ2v) is 39.0. The molecule has 12 rings (SSSR count). The van der Waals surface area contributed by atoms with Gasteiger partial charge in [0.15, 0.2) is 56.1 Å². The zero-order valence-electron chi connectivity index (χ0n) is 71.5. The highest BCUT2D eigenvalue weighted by Crippen LogP contribution is 2.76. The van der Waals surface area contributed by atoms with Gasteiger partial charge in [0, 0.05) is 12.0 Å². The Morgan fingerprint density at radius 2 is 1.08 bits per heavy atom. The minimum atomic E-state index is -2.16. The van der Waals surface area contributed by atoms with E-state index in [4.69, 9.17) is 76.2 Å². The highest BCUT2D eigenvalue weighted by atomic mass is 16.8. The molecule has 43 atom stereocenters. The van der Waals surface area contributed by atoms with Crippen LogP contribution in [0.1, 0.15) is 184 Å². The highest BCUT2D eigenvalue weighted by molar-refractivity contribution is 5.80. The molecule has 5 aliphatic carbocycles. The van der Waals surface area contributed by atoms with E-state index < -0.39 is 317 Å². The SMILES string of the molecule is C[C@@H]1O[C@@H](O[C@H]2[C@H](OC(=O)[C@]34CCC(C)(C)C[C@H]3C3=CC[C@@H]5[C@@]6(C)C[C@H](O)[C@H](O[C@@H]7O[C@H](CO[C@@H]8OC[C@H](O)[C@H](O)[C@H]8O)[C@@H](O)[C@H](O)[C@H]7O)[C@@](C)(CO)[C@@H]6CC[C@@]5(C)[C@]3(C)C[C@H]4O)O[C@H](C)[C@H](OC(=O)[C@H](CCCCCC[C@H](O)CCCCCCCO)O[C@@H]3OC[C@@H](O)[C@H](O)[C@H]3O)[C@@H]2O)[C@H](O)[C@H](O)[C@H]1O[C@@H]1OC[C@@H](O[C@@H]2OC[C@](O)(CO)[C@H]2O)[C@H](O)[C@H]1O. The predicted octanol–water partition coefficient (Wildman–Crippen LogP) is -4.09. The van der Waals surface area contributed by atoms with E-state index in [9.17, 15) is 112 Å². The van der Waals surface area contributed by atoms with Crippen LogP contribution in [0.15, 0.2) is 11.6 Å². The summed E-state index contributed by atoms with van der Waals surface area (Å²) in [5, 5.41) is 245. The minimum absolute atomic E-state index is 0.00678. The number of esters is 2.